The quantitative estimate of drug-likeness (QED) is 0.877. The van der Waals surface area contributed by atoms with E-state index in [2.05, 4.69) is 5.32 Å². The SMILES string of the molecule is COC(=O)c1cc(OC)ccc1NC(=O)c1ccc(Cl)cc1. The van der Waals surface area contributed by atoms with Crippen LogP contribution in [-0.2, 0) is 4.74 Å². The molecule has 1 N–H and O–H groups in total. The van der Waals surface area contributed by atoms with Crippen LogP contribution < -0.4 is 10.1 Å². The minimum absolute atomic E-state index is 0.212. The highest BCUT2D eigenvalue weighted by Gasteiger charge is 2.16. The fourth-order valence-corrected chi connectivity index (χ4v) is 1.96. The first-order chi connectivity index (χ1) is 10.5. The van der Waals surface area contributed by atoms with E-state index in [9.17, 15) is 9.59 Å². The predicted octanol–water partition coefficient (Wildman–Crippen LogP) is 3.39. The summed E-state index contributed by atoms with van der Waals surface area (Å²) in [5, 5.41) is 3.21. The van der Waals surface area contributed by atoms with Gasteiger partial charge in [-0.25, -0.2) is 4.79 Å². The van der Waals surface area contributed by atoms with Crippen LogP contribution in [0.15, 0.2) is 42.5 Å². The van der Waals surface area contributed by atoms with Crippen molar-refractivity contribution in [2.75, 3.05) is 19.5 Å². The smallest absolute Gasteiger partial charge is 0.340 e. The monoisotopic (exact) mass is 319 g/mol. The van der Waals surface area contributed by atoms with E-state index in [1.165, 1.54) is 20.3 Å². The third-order valence-corrected chi connectivity index (χ3v) is 3.24. The molecule has 0 aliphatic rings. The number of ether oxygens (including phenoxy) is 2. The molecule has 0 aromatic heterocycles. The van der Waals surface area contributed by atoms with Gasteiger partial charge in [0.25, 0.3) is 5.91 Å². The lowest BCUT2D eigenvalue weighted by molar-refractivity contribution is 0.0601. The van der Waals surface area contributed by atoms with Crippen molar-refractivity contribution in [1.82, 2.24) is 0 Å². The second kappa shape index (κ2) is 6.95. The first-order valence-corrected chi connectivity index (χ1v) is 6.76. The van der Waals surface area contributed by atoms with Crippen LogP contribution in [0.3, 0.4) is 0 Å². The third kappa shape index (κ3) is 3.56. The molecule has 22 heavy (non-hydrogen) atoms. The summed E-state index contributed by atoms with van der Waals surface area (Å²) >= 11 is 5.79. The van der Waals surface area contributed by atoms with Gasteiger partial charge >= 0.3 is 5.97 Å². The Bertz CT molecular complexity index is 698. The van der Waals surface area contributed by atoms with E-state index < -0.39 is 5.97 Å². The van der Waals surface area contributed by atoms with E-state index >= 15 is 0 Å². The summed E-state index contributed by atoms with van der Waals surface area (Å²) in [7, 11) is 2.76. The van der Waals surface area contributed by atoms with Crippen molar-refractivity contribution in [2.24, 2.45) is 0 Å². The van der Waals surface area contributed by atoms with Gasteiger partial charge in [0.1, 0.15) is 5.75 Å². The molecule has 1 amide bonds. The normalized spacial score (nSPS) is 9.95. The number of methoxy groups -OCH3 is 2. The average Bonchev–Trinajstić information content (AvgIpc) is 2.55. The molecule has 0 fully saturated rings. The summed E-state index contributed by atoms with van der Waals surface area (Å²) in [6, 6.07) is 11.2. The first-order valence-electron chi connectivity index (χ1n) is 6.38. The molecular weight excluding hydrogens is 306 g/mol. The number of benzene rings is 2. The maximum Gasteiger partial charge on any atom is 0.340 e. The van der Waals surface area contributed by atoms with Gasteiger partial charge in [0, 0.05) is 10.6 Å². The van der Waals surface area contributed by atoms with Gasteiger partial charge in [0.05, 0.1) is 25.5 Å². The molecule has 114 valence electrons. The summed E-state index contributed by atoms with van der Waals surface area (Å²) in [6.45, 7) is 0. The van der Waals surface area contributed by atoms with Crippen LogP contribution in [0.25, 0.3) is 0 Å². The van der Waals surface area contributed by atoms with Crippen molar-refractivity contribution in [2.45, 2.75) is 0 Å². The molecule has 0 heterocycles. The number of rotatable bonds is 4. The largest absolute Gasteiger partial charge is 0.497 e. The highest BCUT2D eigenvalue weighted by atomic mass is 35.5. The molecule has 2 aromatic carbocycles. The molecule has 0 aliphatic carbocycles. The molecule has 0 saturated heterocycles. The van der Waals surface area contributed by atoms with Crippen molar-refractivity contribution < 1.29 is 19.1 Å². The second-order valence-corrected chi connectivity index (χ2v) is 4.80. The Hall–Kier alpha value is -2.53. The highest BCUT2D eigenvalue weighted by Crippen LogP contribution is 2.23. The number of amides is 1. The third-order valence-electron chi connectivity index (χ3n) is 2.99. The molecule has 6 heteroatoms. The maximum atomic E-state index is 12.2. The minimum atomic E-state index is -0.565. The number of esters is 1. The van der Waals surface area contributed by atoms with Gasteiger partial charge in [-0.15, -0.1) is 0 Å². The van der Waals surface area contributed by atoms with E-state index in [4.69, 9.17) is 21.1 Å². The Morgan fingerprint density at radius 3 is 2.32 bits per heavy atom. The van der Waals surface area contributed by atoms with Crippen LogP contribution in [0, 0.1) is 0 Å². The molecule has 5 nitrogen and oxygen atoms in total. The molecule has 0 radical (unpaired) electrons. The number of halogens is 1. The lowest BCUT2D eigenvalue weighted by Gasteiger charge is -2.11. The van der Waals surface area contributed by atoms with E-state index in [1.54, 1.807) is 36.4 Å². The fourth-order valence-electron chi connectivity index (χ4n) is 1.83. The lowest BCUT2D eigenvalue weighted by Crippen LogP contribution is -2.15. The Morgan fingerprint density at radius 1 is 1.05 bits per heavy atom. The molecule has 0 aliphatic heterocycles. The zero-order valence-electron chi connectivity index (χ0n) is 12.1. The zero-order valence-corrected chi connectivity index (χ0v) is 12.8. The predicted molar refractivity (Wildman–Crippen MR) is 83.7 cm³/mol. The topological polar surface area (TPSA) is 64.6 Å². The number of hydrogen-bond acceptors (Lipinski definition) is 4. The highest BCUT2D eigenvalue weighted by molar-refractivity contribution is 6.30. The van der Waals surface area contributed by atoms with Gasteiger partial charge in [-0.3, -0.25) is 4.79 Å². The number of anilines is 1. The summed E-state index contributed by atoms with van der Waals surface area (Å²) in [4.78, 5) is 24.0. The van der Waals surface area contributed by atoms with Crippen molar-refractivity contribution in [1.29, 1.82) is 0 Å². The van der Waals surface area contributed by atoms with Crippen LogP contribution in [-0.4, -0.2) is 26.1 Å². The summed E-state index contributed by atoms with van der Waals surface area (Å²) in [5.41, 5.74) is 0.979. The van der Waals surface area contributed by atoms with Crippen molar-refractivity contribution >= 4 is 29.2 Å². The fraction of sp³-hybridized carbons (Fsp3) is 0.125. The van der Waals surface area contributed by atoms with E-state index in [0.717, 1.165) is 0 Å². The standard InChI is InChI=1S/C16H14ClNO4/c1-21-12-7-8-14(13(9-12)16(20)22-2)18-15(19)10-3-5-11(17)6-4-10/h3-9H,1-2H3,(H,18,19). The van der Waals surface area contributed by atoms with Crippen molar-refractivity contribution in [3.63, 3.8) is 0 Å². The number of carbonyl (C=O) groups excluding carboxylic acids is 2. The molecule has 0 bridgehead atoms. The van der Waals surface area contributed by atoms with Crippen LogP contribution in [0.4, 0.5) is 5.69 Å². The van der Waals surface area contributed by atoms with Gasteiger partial charge in [-0.1, -0.05) is 11.6 Å². The summed E-state index contributed by atoms with van der Waals surface area (Å²) in [5.74, 6) is -0.429. The minimum Gasteiger partial charge on any atom is -0.497 e. The number of carbonyl (C=O) groups is 2. The van der Waals surface area contributed by atoms with Crippen molar-refractivity contribution in [3.05, 3.63) is 58.6 Å². The van der Waals surface area contributed by atoms with Crippen LogP contribution >= 0.6 is 11.6 Å². The molecular formula is C16H14ClNO4. The van der Waals surface area contributed by atoms with Gasteiger partial charge in [-0.2, -0.15) is 0 Å². The molecule has 2 aromatic rings. The Balaban J connectivity index is 2.30. The molecule has 2 rings (SSSR count). The van der Waals surface area contributed by atoms with Gasteiger partial charge in [0.15, 0.2) is 0 Å². The van der Waals surface area contributed by atoms with E-state index in [1.807, 2.05) is 0 Å². The molecule has 0 unspecified atom stereocenters. The van der Waals surface area contributed by atoms with Gasteiger partial charge in [0.2, 0.25) is 0 Å². The maximum absolute atomic E-state index is 12.2. The van der Waals surface area contributed by atoms with Crippen LogP contribution in [0.1, 0.15) is 20.7 Å². The summed E-state index contributed by atoms with van der Waals surface area (Å²) in [6.07, 6.45) is 0. The molecule has 0 saturated carbocycles. The van der Waals surface area contributed by atoms with Crippen molar-refractivity contribution in [3.8, 4) is 5.75 Å². The number of hydrogen-bond donors (Lipinski definition) is 1. The van der Waals surface area contributed by atoms with Crippen LogP contribution in [0.2, 0.25) is 5.02 Å². The summed E-state index contributed by atoms with van der Waals surface area (Å²) < 4.78 is 9.79. The van der Waals surface area contributed by atoms with Crippen LogP contribution in [0.5, 0.6) is 5.75 Å². The lowest BCUT2D eigenvalue weighted by atomic mass is 10.1. The van der Waals surface area contributed by atoms with Gasteiger partial charge in [-0.05, 0) is 42.5 Å². The average molecular weight is 320 g/mol. The second-order valence-electron chi connectivity index (χ2n) is 4.36. The molecule has 0 atom stereocenters. The Morgan fingerprint density at radius 2 is 1.73 bits per heavy atom. The van der Waals surface area contributed by atoms with E-state index in [0.29, 0.717) is 22.0 Å². The zero-order chi connectivity index (χ0) is 16.1. The number of nitrogens with one attached hydrogen (secondary N) is 1. The Labute approximate surface area is 132 Å². The first kappa shape index (κ1) is 15.9. The van der Waals surface area contributed by atoms with E-state index in [-0.39, 0.29) is 11.5 Å². The molecule has 0 spiro atoms. The Kier molecular flexibility index (Phi) is 5.01. The van der Waals surface area contributed by atoms with Gasteiger partial charge < -0.3 is 14.8 Å².